The number of fused-ring (bicyclic) bond motifs is 6. The highest BCUT2D eigenvalue weighted by Crippen LogP contribution is 2.38. The fourth-order valence-corrected chi connectivity index (χ4v) is 6.64. The summed E-state index contributed by atoms with van der Waals surface area (Å²) in [6.45, 7) is 0. The summed E-state index contributed by atoms with van der Waals surface area (Å²) in [5.74, 6) is 0.669. The molecule has 0 bridgehead atoms. The number of hydrogen-bond donors (Lipinski definition) is 0. The summed E-state index contributed by atoms with van der Waals surface area (Å²) in [5.41, 5.74) is 8.49. The summed E-state index contributed by atoms with van der Waals surface area (Å²) < 4.78 is 4.49. The zero-order chi connectivity index (χ0) is 27.8. The predicted molar refractivity (Wildman–Crippen MR) is 173 cm³/mol. The van der Waals surface area contributed by atoms with Gasteiger partial charge in [-0.2, -0.15) is 4.98 Å². The summed E-state index contributed by atoms with van der Waals surface area (Å²) in [7, 11) is 0. The van der Waals surface area contributed by atoms with E-state index in [2.05, 4.69) is 111 Å². The van der Waals surface area contributed by atoms with Crippen molar-refractivity contribution in [1.82, 2.24) is 14.0 Å². The van der Waals surface area contributed by atoms with E-state index in [0.717, 1.165) is 44.2 Å². The summed E-state index contributed by atoms with van der Waals surface area (Å²) in [6.07, 6.45) is 0. The van der Waals surface area contributed by atoms with Crippen molar-refractivity contribution >= 4 is 49.0 Å². The lowest BCUT2D eigenvalue weighted by molar-refractivity contribution is 1.12. The normalized spacial score (nSPS) is 11.9. The maximum absolute atomic E-state index is 13.2. The molecule has 0 aliphatic rings. The second-order valence-electron chi connectivity index (χ2n) is 10.8. The topological polar surface area (TPSA) is 39.3 Å². The Morgan fingerprint density at radius 1 is 0.452 bits per heavy atom. The van der Waals surface area contributed by atoms with E-state index in [1.165, 1.54) is 21.8 Å². The molecule has 0 atom stereocenters. The van der Waals surface area contributed by atoms with E-state index in [1.54, 1.807) is 0 Å². The van der Waals surface area contributed by atoms with Gasteiger partial charge in [0.25, 0.3) is 5.56 Å². The molecule has 9 aromatic rings. The average molecular weight is 538 g/mol. The van der Waals surface area contributed by atoms with Gasteiger partial charge in [-0.25, -0.2) is 0 Å². The van der Waals surface area contributed by atoms with E-state index >= 15 is 0 Å². The second-order valence-corrected chi connectivity index (χ2v) is 10.8. The van der Waals surface area contributed by atoms with Crippen molar-refractivity contribution in [3.8, 4) is 28.2 Å². The molecule has 4 heteroatoms. The Kier molecular flexibility index (Phi) is 4.73. The van der Waals surface area contributed by atoms with Crippen LogP contribution in [0.2, 0.25) is 0 Å². The molecule has 0 spiro atoms. The Morgan fingerprint density at radius 2 is 1.05 bits per heavy atom. The molecular weight excluding hydrogens is 514 g/mol. The van der Waals surface area contributed by atoms with Crippen LogP contribution in [0.1, 0.15) is 0 Å². The van der Waals surface area contributed by atoms with Gasteiger partial charge in [0.15, 0.2) is 0 Å². The van der Waals surface area contributed by atoms with Crippen LogP contribution >= 0.6 is 0 Å². The third kappa shape index (κ3) is 3.17. The zero-order valence-electron chi connectivity index (χ0n) is 22.5. The van der Waals surface area contributed by atoms with Crippen LogP contribution in [-0.2, 0) is 0 Å². The van der Waals surface area contributed by atoms with Gasteiger partial charge in [-0.3, -0.25) is 9.20 Å². The fraction of sp³-hybridized carbons (Fsp3) is 0. The number of nitrogens with zero attached hydrogens (tertiary/aromatic N) is 3. The van der Waals surface area contributed by atoms with Crippen LogP contribution in [-0.4, -0.2) is 14.0 Å². The minimum Gasteiger partial charge on any atom is -0.309 e. The molecule has 0 unspecified atom stereocenters. The van der Waals surface area contributed by atoms with Gasteiger partial charge < -0.3 is 4.57 Å². The molecule has 3 aromatic heterocycles. The smallest absolute Gasteiger partial charge is 0.281 e. The van der Waals surface area contributed by atoms with E-state index in [0.29, 0.717) is 11.2 Å². The van der Waals surface area contributed by atoms with Gasteiger partial charge in [-0.05, 0) is 59.7 Å². The van der Waals surface area contributed by atoms with Crippen molar-refractivity contribution in [2.75, 3.05) is 0 Å². The molecule has 0 saturated heterocycles. The van der Waals surface area contributed by atoms with Crippen molar-refractivity contribution in [2.45, 2.75) is 0 Å². The summed E-state index contributed by atoms with van der Waals surface area (Å²) in [5, 5.41) is 5.25. The van der Waals surface area contributed by atoms with E-state index in [1.807, 2.05) is 42.5 Å². The number of rotatable bonds is 3. The maximum atomic E-state index is 13.2. The summed E-state index contributed by atoms with van der Waals surface area (Å²) >= 11 is 0. The van der Waals surface area contributed by atoms with Gasteiger partial charge in [0.1, 0.15) is 5.82 Å². The molecule has 0 radical (unpaired) electrons. The van der Waals surface area contributed by atoms with Crippen LogP contribution in [0.25, 0.3) is 77.2 Å². The number of para-hydroxylation sites is 3. The predicted octanol–water partition coefficient (Wildman–Crippen LogP) is 8.87. The molecule has 0 saturated carbocycles. The van der Waals surface area contributed by atoms with E-state index in [9.17, 15) is 4.79 Å². The van der Waals surface area contributed by atoms with Gasteiger partial charge >= 0.3 is 0 Å². The molecular formula is C38H23N3O. The van der Waals surface area contributed by atoms with E-state index < -0.39 is 0 Å². The van der Waals surface area contributed by atoms with Crippen LogP contribution in [0.15, 0.2) is 144 Å². The number of benzene rings is 6. The molecule has 0 aliphatic carbocycles. The average Bonchev–Trinajstić information content (AvgIpc) is 3.56. The van der Waals surface area contributed by atoms with Crippen molar-refractivity contribution in [2.24, 2.45) is 0 Å². The molecule has 0 fully saturated rings. The third-order valence-corrected chi connectivity index (χ3v) is 8.49. The highest BCUT2D eigenvalue weighted by Gasteiger charge is 2.19. The lowest BCUT2D eigenvalue weighted by atomic mass is 10.0. The van der Waals surface area contributed by atoms with Crippen molar-refractivity contribution in [1.29, 1.82) is 0 Å². The van der Waals surface area contributed by atoms with Gasteiger partial charge in [-0.15, -0.1) is 0 Å². The molecule has 3 heterocycles. The molecule has 42 heavy (non-hydrogen) atoms. The van der Waals surface area contributed by atoms with Crippen molar-refractivity contribution in [3.63, 3.8) is 0 Å². The Labute approximate surface area is 240 Å². The monoisotopic (exact) mass is 537 g/mol. The lowest BCUT2D eigenvalue weighted by Gasteiger charge is -2.09. The zero-order valence-corrected chi connectivity index (χ0v) is 22.5. The molecule has 0 N–H and O–H groups in total. The van der Waals surface area contributed by atoms with Gasteiger partial charge in [0, 0.05) is 32.8 Å². The molecule has 196 valence electrons. The first-order chi connectivity index (χ1) is 20.8. The van der Waals surface area contributed by atoms with Crippen LogP contribution in [0.3, 0.4) is 0 Å². The molecule has 0 amide bonds. The van der Waals surface area contributed by atoms with Gasteiger partial charge in [-0.1, -0.05) is 91.0 Å². The SMILES string of the molecule is O=c1nc(-c2ccccc2)n2c3ccc(-c4ccc5c(c4)c4ccccc4n5-c4ccccc4)cc3c3cccc1c32. The first-order valence-corrected chi connectivity index (χ1v) is 14.1. The lowest BCUT2D eigenvalue weighted by Crippen LogP contribution is -2.11. The van der Waals surface area contributed by atoms with Crippen LogP contribution in [0.5, 0.6) is 0 Å². The van der Waals surface area contributed by atoms with Crippen LogP contribution in [0, 0.1) is 0 Å². The van der Waals surface area contributed by atoms with E-state index in [-0.39, 0.29) is 5.56 Å². The summed E-state index contributed by atoms with van der Waals surface area (Å²) in [4.78, 5) is 17.7. The third-order valence-electron chi connectivity index (χ3n) is 8.49. The Bertz CT molecular complexity index is 2530. The Morgan fingerprint density at radius 3 is 1.83 bits per heavy atom. The van der Waals surface area contributed by atoms with Crippen LogP contribution in [0.4, 0.5) is 0 Å². The Balaban J connectivity index is 1.31. The minimum atomic E-state index is -0.199. The van der Waals surface area contributed by atoms with E-state index in [4.69, 9.17) is 0 Å². The minimum absolute atomic E-state index is 0.199. The van der Waals surface area contributed by atoms with Gasteiger partial charge in [0.05, 0.1) is 27.5 Å². The molecule has 4 nitrogen and oxygen atoms in total. The standard InChI is InChI=1S/C38H23N3O/c42-38-30-16-9-15-29-32-23-26(19-21-35(32)41(36(29)30)37(39-38)24-10-3-1-4-11-24)25-18-20-34-31(22-25)28-14-7-8-17-33(28)40(34)27-12-5-2-6-13-27/h1-23H. The largest absolute Gasteiger partial charge is 0.309 e. The molecule has 6 aromatic carbocycles. The van der Waals surface area contributed by atoms with Crippen molar-refractivity contribution in [3.05, 3.63) is 150 Å². The number of aromatic nitrogens is 3. The molecule has 9 rings (SSSR count). The van der Waals surface area contributed by atoms with Gasteiger partial charge in [0.2, 0.25) is 0 Å². The Hall–Kier alpha value is -5.74. The fourth-order valence-electron chi connectivity index (χ4n) is 6.64. The highest BCUT2D eigenvalue weighted by atomic mass is 16.1. The maximum Gasteiger partial charge on any atom is 0.281 e. The first-order valence-electron chi connectivity index (χ1n) is 14.1. The summed E-state index contributed by atoms with van der Waals surface area (Å²) in [6, 6.07) is 48.4. The number of hydrogen-bond acceptors (Lipinski definition) is 2. The molecule has 0 aliphatic heterocycles. The first kappa shape index (κ1) is 23.0. The van der Waals surface area contributed by atoms with Crippen LogP contribution < -0.4 is 5.56 Å². The quantitative estimate of drug-likeness (QED) is 0.226. The highest BCUT2D eigenvalue weighted by molar-refractivity contribution is 6.16. The second kappa shape index (κ2) is 8.63. The van der Waals surface area contributed by atoms with Crippen molar-refractivity contribution < 1.29 is 0 Å².